The van der Waals surface area contributed by atoms with Gasteiger partial charge in [0.1, 0.15) is 0 Å². The number of aromatic nitrogens is 2. The minimum Gasteiger partial charge on any atom is -0.273 e. The number of halogens is 2. The van der Waals surface area contributed by atoms with Crippen LogP contribution in [0.5, 0.6) is 0 Å². The summed E-state index contributed by atoms with van der Waals surface area (Å²) in [5, 5.41) is 5.98. The molecule has 0 saturated heterocycles. The van der Waals surface area contributed by atoms with Gasteiger partial charge < -0.3 is 0 Å². The number of carbonyl (C=O) groups excluding carboxylic acids is 1. The Bertz CT molecular complexity index is 535. The highest BCUT2D eigenvalue weighted by molar-refractivity contribution is 14.1. The summed E-state index contributed by atoms with van der Waals surface area (Å²) in [6.07, 6.45) is 0. The van der Waals surface area contributed by atoms with Gasteiger partial charge in [-0.05, 0) is 28.7 Å². The quantitative estimate of drug-likeness (QED) is 0.564. The molecule has 78 valence electrons. The first-order valence-electron chi connectivity index (χ1n) is 4.38. The average molecular weight is 379 g/mol. The fourth-order valence-electron chi connectivity index (χ4n) is 1.51. The van der Waals surface area contributed by atoms with Gasteiger partial charge in [0, 0.05) is 21.2 Å². The van der Waals surface area contributed by atoms with E-state index in [0.29, 0.717) is 5.33 Å². The van der Waals surface area contributed by atoms with Gasteiger partial charge in [0.2, 0.25) is 5.91 Å². The van der Waals surface area contributed by atoms with Gasteiger partial charge in [0.25, 0.3) is 0 Å². The van der Waals surface area contributed by atoms with E-state index in [-0.39, 0.29) is 5.91 Å². The molecule has 0 amide bonds. The summed E-state index contributed by atoms with van der Waals surface area (Å²) in [6, 6.07) is 5.94. The van der Waals surface area contributed by atoms with Gasteiger partial charge in [-0.25, -0.2) is 0 Å². The van der Waals surface area contributed by atoms with Crippen molar-refractivity contribution in [3.8, 4) is 0 Å². The fourth-order valence-corrected chi connectivity index (χ4v) is 2.66. The highest BCUT2D eigenvalue weighted by Crippen LogP contribution is 2.24. The maximum atomic E-state index is 11.4. The number of alkyl halides is 1. The van der Waals surface area contributed by atoms with Gasteiger partial charge in [0.15, 0.2) is 0 Å². The van der Waals surface area contributed by atoms with Crippen LogP contribution in [0.15, 0.2) is 18.2 Å². The molecule has 0 atom stereocenters. The van der Waals surface area contributed by atoms with Gasteiger partial charge in [-0.1, -0.05) is 28.1 Å². The average Bonchev–Trinajstić information content (AvgIpc) is 2.58. The summed E-state index contributed by atoms with van der Waals surface area (Å²) in [5.74, 6) is -0.0590. The molecule has 0 radical (unpaired) electrons. The predicted molar refractivity (Wildman–Crippen MR) is 71.4 cm³/mol. The molecule has 1 aromatic heterocycles. The molecule has 0 aliphatic heterocycles. The smallest absolute Gasteiger partial charge is 0.244 e. The van der Waals surface area contributed by atoms with Crippen LogP contribution in [-0.4, -0.2) is 15.7 Å². The van der Waals surface area contributed by atoms with Crippen molar-refractivity contribution in [3.05, 3.63) is 27.5 Å². The van der Waals surface area contributed by atoms with Crippen LogP contribution in [0.2, 0.25) is 0 Å². The Kier molecular flexibility index (Phi) is 3.11. The van der Waals surface area contributed by atoms with Crippen molar-refractivity contribution in [2.45, 2.75) is 12.3 Å². The fraction of sp³-hybridized carbons (Fsp3) is 0.200. The molecule has 2 rings (SSSR count). The Balaban J connectivity index is 2.88. The van der Waals surface area contributed by atoms with Crippen molar-refractivity contribution in [2.75, 3.05) is 0 Å². The van der Waals surface area contributed by atoms with Crippen molar-refractivity contribution < 1.29 is 4.79 Å². The second-order valence-electron chi connectivity index (χ2n) is 3.15. The molecule has 15 heavy (non-hydrogen) atoms. The van der Waals surface area contributed by atoms with Crippen molar-refractivity contribution in [3.63, 3.8) is 0 Å². The molecule has 5 heteroatoms. The second-order valence-corrected chi connectivity index (χ2v) is 4.87. The number of para-hydroxylation sites is 1. The Labute approximate surface area is 109 Å². The van der Waals surface area contributed by atoms with Crippen molar-refractivity contribution in [1.29, 1.82) is 0 Å². The first kappa shape index (κ1) is 11.1. The lowest BCUT2D eigenvalue weighted by atomic mass is 10.2. The Morgan fingerprint density at radius 1 is 1.60 bits per heavy atom. The van der Waals surface area contributed by atoms with E-state index in [9.17, 15) is 4.79 Å². The van der Waals surface area contributed by atoms with Crippen LogP contribution >= 0.6 is 38.5 Å². The van der Waals surface area contributed by atoms with Crippen LogP contribution in [0.3, 0.4) is 0 Å². The molecular weight excluding hydrogens is 371 g/mol. The van der Waals surface area contributed by atoms with Crippen LogP contribution in [0.1, 0.15) is 17.4 Å². The monoisotopic (exact) mass is 378 g/mol. The zero-order valence-electron chi connectivity index (χ0n) is 8.00. The Hall–Kier alpha value is -0.430. The van der Waals surface area contributed by atoms with Crippen LogP contribution in [0.25, 0.3) is 10.9 Å². The molecule has 1 aromatic carbocycles. The standard InChI is InChI=1S/C10H8BrIN2O/c1-6(15)14-10-7(9(5-11)13-14)3-2-4-8(10)12/h2-4H,5H2,1H3. The van der Waals surface area contributed by atoms with E-state index in [1.807, 2.05) is 18.2 Å². The number of benzene rings is 1. The number of hydrogen-bond acceptors (Lipinski definition) is 2. The number of fused-ring (bicyclic) bond motifs is 1. The number of carbonyl (C=O) groups is 1. The molecule has 0 spiro atoms. The summed E-state index contributed by atoms with van der Waals surface area (Å²) in [4.78, 5) is 11.4. The molecule has 0 N–H and O–H groups in total. The highest BCUT2D eigenvalue weighted by Gasteiger charge is 2.14. The van der Waals surface area contributed by atoms with Crippen molar-refractivity contribution in [1.82, 2.24) is 9.78 Å². The van der Waals surface area contributed by atoms with Gasteiger partial charge >= 0.3 is 0 Å². The van der Waals surface area contributed by atoms with E-state index >= 15 is 0 Å². The third-order valence-electron chi connectivity index (χ3n) is 2.16. The molecular formula is C10H8BrIN2O. The Morgan fingerprint density at radius 2 is 2.33 bits per heavy atom. The summed E-state index contributed by atoms with van der Waals surface area (Å²) in [6.45, 7) is 1.52. The zero-order valence-corrected chi connectivity index (χ0v) is 11.7. The summed E-state index contributed by atoms with van der Waals surface area (Å²) in [7, 11) is 0. The van der Waals surface area contributed by atoms with Gasteiger partial charge in [-0.3, -0.25) is 4.79 Å². The summed E-state index contributed by atoms with van der Waals surface area (Å²) >= 11 is 5.59. The van der Waals surface area contributed by atoms with E-state index in [2.05, 4.69) is 43.6 Å². The lowest BCUT2D eigenvalue weighted by Crippen LogP contribution is -2.08. The van der Waals surface area contributed by atoms with Gasteiger partial charge in [-0.15, -0.1) is 0 Å². The third-order valence-corrected chi connectivity index (χ3v) is 3.56. The third kappa shape index (κ3) is 1.82. The minimum absolute atomic E-state index is 0.0590. The second kappa shape index (κ2) is 4.21. The van der Waals surface area contributed by atoms with E-state index in [1.165, 1.54) is 11.6 Å². The molecule has 2 aromatic rings. The minimum atomic E-state index is -0.0590. The van der Waals surface area contributed by atoms with E-state index in [0.717, 1.165) is 20.2 Å². The topological polar surface area (TPSA) is 34.9 Å². The molecule has 1 heterocycles. The van der Waals surface area contributed by atoms with Crippen LogP contribution in [0.4, 0.5) is 0 Å². The predicted octanol–water partition coefficient (Wildman–Crippen LogP) is 3.20. The molecule has 0 aliphatic rings. The SMILES string of the molecule is CC(=O)n1nc(CBr)c2cccc(I)c21. The number of rotatable bonds is 1. The van der Waals surface area contributed by atoms with Crippen molar-refractivity contribution >= 4 is 55.3 Å². The number of hydrogen-bond donors (Lipinski definition) is 0. The molecule has 0 saturated carbocycles. The molecule has 0 bridgehead atoms. The Morgan fingerprint density at radius 3 is 2.93 bits per heavy atom. The normalized spacial score (nSPS) is 10.9. The lowest BCUT2D eigenvalue weighted by molar-refractivity contribution is 0.0926. The maximum Gasteiger partial charge on any atom is 0.244 e. The first-order chi connectivity index (χ1) is 7.15. The van der Waals surface area contributed by atoms with E-state index < -0.39 is 0 Å². The molecule has 0 fully saturated rings. The van der Waals surface area contributed by atoms with Crippen molar-refractivity contribution in [2.24, 2.45) is 0 Å². The molecule has 0 aliphatic carbocycles. The van der Waals surface area contributed by atoms with Crippen LogP contribution in [0, 0.1) is 3.57 Å². The maximum absolute atomic E-state index is 11.4. The first-order valence-corrected chi connectivity index (χ1v) is 6.58. The van der Waals surface area contributed by atoms with Gasteiger partial charge in [0.05, 0.1) is 11.2 Å². The van der Waals surface area contributed by atoms with E-state index in [4.69, 9.17) is 0 Å². The van der Waals surface area contributed by atoms with E-state index in [1.54, 1.807) is 0 Å². The summed E-state index contributed by atoms with van der Waals surface area (Å²) < 4.78 is 2.51. The van der Waals surface area contributed by atoms with Gasteiger partial charge in [-0.2, -0.15) is 9.78 Å². The van der Waals surface area contributed by atoms with Crippen LogP contribution < -0.4 is 0 Å². The molecule has 0 unspecified atom stereocenters. The number of nitrogens with zero attached hydrogens (tertiary/aromatic N) is 2. The highest BCUT2D eigenvalue weighted by atomic mass is 127. The molecule has 3 nitrogen and oxygen atoms in total. The lowest BCUT2D eigenvalue weighted by Gasteiger charge is -1.98. The zero-order chi connectivity index (χ0) is 11.0. The summed E-state index contributed by atoms with van der Waals surface area (Å²) in [5.41, 5.74) is 1.80. The largest absolute Gasteiger partial charge is 0.273 e. The van der Waals surface area contributed by atoms with Crippen LogP contribution in [-0.2, 0) is 5.33 Å².